The van der Waals surface area contributed by atoms with E-state index < -0.39 is 0 Å². The van der Waals surface area contributed by atoms with Gasteiger partial charge in [0.15, 0.2) is 0 Å². The van der Waals surface area contributed by atoms with Crippen molar-refractivity contribution in [3.8, 4) is 0 Å². The quantitative estimate of drug-likeness (QED) is 0.870. The van der Waals surface area contributed by atoms with E-state index in [-0.39, 0.29) is 17.4 Å². The first-order valence-corrected chi connectivity index (χ1v) is 9.58. The predicted molar refractivity (Wildman–Crippen MR) is 88.2 cm³/mol. The molecule has 0 aromatic heterocycles. The molecule has 2 bridgehead atoms. The minimum absolute atomic E-state index is 0.103. The van der Waals surface area contributed by atoms with Crippen molar-refractivity contribution >= 4 is 5.91 Å². The molecule has 2 N–H and O–H groups in total. The third-order valence-electron chi connectivity index (χ3n) is 7.36. The van der Waals surface area contributed by atoms with Crippen LogP contribution in [0, 0.1) is 29.1 Å². The van der Waals surface area contributed by atoms with Crippen LogP contribution in [-0.2, 0) is 4.79 Å². The Morgan fingerprint density at radius 3 is 2.73 bits per heavy atom. The zero-order valence-electron chi connectivity index (χ0n) is 14.3. The summed E-state index contributed by atoms with van der Waals surface area (Å²) in [5, 5.41) is 0. The van der Waals surface area contributed by atoms with E-state index in [1.165, 1.54) is 51.4 Å². The van der Waals surface area contributed by atoms with Crippen LogP contribution in [0.5, 0.6) is 0 Å². The zero-order chi connectivity index (χ0) is 15.5. The lowest BCUT2D eigenvalue weighted by atomic mass is 9.53. The fourth-order valence-electron chi connectivity index (χ4n) is 6.36. The van der Waals surface area contributed by atoms with Gasteiger partial charge >= 0.3 is 0 Å². The second-order valence-electron chi connectivity index (χ2n) is 9.05. The Hall–Kier alpha value is -0.570. The van der Waals surface area contributed by atoms with E-state index in [4.69, 9.17) is 5.73 Å². The van der Waals surface area contributed by atoms with E-state index in [2.05, 4.69) is 18.7 Å². The molecule has 3 aliphatic carbocycles. The van der Waals surface area contributed by atoms with Crippen LogP contribution in [0.15, 0.2) is 0 Å². The predicted octanol–water partition coefficient (Wildman–Crippen LogP) is 3.18. The lowest BCUT2D eigenvalue weighted by Crippen LogP contribution is -2.57. The molecule has 7 atom stereocenters. The molecule has 0 aromatic carbocycles. The standard InChI is InChI=1S/C19H32N2O/c1-3-13-7-14-6-12(2)9-19(10-13,11-14)17(20)18(22)21-5-4-15-8-16(15)21/h12-17H,3-11,20H2,1-2H3. The minimum atomic E-state index is -0.244. The fraction of sp³-hybridized carbons (Fsp3) is 0.947. The van der Waals surface area contributed by atoms with E-state index in [0.29, 0.717) is 6.04 Å². The first-order valence-electron chi connectivity index (χ1n) is 9.58. The topological polar surface area (TPSA) is 46.3 Å². The van der Waals surface area contributed by atoms with Crippen molar-refractivity contribution in [2.75, 3.05) is 6.54 Å². The fourth-order valence-corrected chi connectivity index (χ4v) is 6.36. The minimum Gasteiger partial charge on any atom is -0.338 e. The SMILES string of the molecule is CCC1CC2CC(C)CC(C(N)C(=O)N3CCC4CC43)(C1)C2. The molecule has 0 radical (unpaired) electrons. The van der Waals surface area contributed by atoms with Gasteiger partial charge in [0.25, 0.3) is 0 Å². The summed E-state index contributed by atoms with van der Waals surface area (Å²) < 4.78 is 0. The molecule has 0 aromatic rings. The lowest BCUT2D eigenvalue weighted by Gasteiger charge is -2.53. The lowest BCUT2D eigenvalue weighted by molar-refractivity contribution is -0.139. The van der Waals surface area contributed by atoms with Crippen molar-refractivity contribution in [1.82, 2.24) is 4.90 Å². The van der Waals surface area contributed by atoms with Crippen LogP contribution in [0.25, 0.3) is 0 Å². The number of amides is 1. The number of carbonyl (C=O) groups is 1. The van der Waals surface area contributed by atoms with Gasteiger partial charge in [-0.05, 0) is 74.0 Å². The molecule has 7 unspecified atom stereocenters. The van der Waals surface area contributed by atoms with Gasteiger partial charge in [-0.2, -0.15) is 0 Å². The Bertz CT molecular complexity index is 460. The Labute approximate surface area is 135 Å². The average molecular weight is 304 g/mol. The van der Waals surface area contributed by atoms with Crippen molar-refractivity contribution < 1.29 is 4.79 Å². The Morgan fingerprint density at radius 2 is 2.09 bits per heavy atom. The van der Waals surface area contributed by atoms with Gasteiger partial charge < -0.3 is 10.6 Å². The molecule has 1 amide bonds. The van der Waals surface area contributed by atoms with E-state index in [1.807, 2.05) is 0 Å². The van der Waals surface area contributed by atoms with Crippen LogP contribution in [0.1, 0.15) is 65.2 Å². The first-order chi connectivity index (χ1) is 10.5. The third kappa shape index (κ3) is 2.31. The van der Waals surface area contributed by atoms with Crippen LogP contribution in [0.4, 0.5) is 0 Å². The molecule has 3 heteroatoms. The molecule has 1 saturated heterocycles. The highest BCUT2D eigenvalue weighted by Gasteiger charge is 2.55. The maximum absolute atomic E-state index is 13.1. The van der Waals surface area contributed by atoms with Crippen LogP contribution in [-0.4, -0.2) is 29.4 Å². The Kier molecular flexibility index (Phi) is 3.56. The number of likely N-dealkylation sites (tertiary alicyclic amines) is 1. The van der Waals surface area contributed by atoms with Gasteiger partial charge in [0, 0.05) is 12.6 Å². The third-order valence-corrected chi connectivity index (χ3v) is 7.36. The highest BCUT2D eigenvalue weighted by molar-refractivity contribution is 5.83. The smallest absolute Gasteiger partial charge is 0.240 e. The molecular formula is C19H32N2O. The van der Waals surface area contributed by atoms with Crippen LogP contribution < -0.4 is 5.73 Å². The molecule has 4 aliphatic rings. The van der Waals surface area contributed by atoms with Crippen LogP contribution >= 0.6 is 0 Å². The van der Waals surface area contributed by atoms with Crippen molar-refractivity contribution in [2.45, 2.75) is 77.3 Å². The van der Waals surface area contributed by atoms with Crippen LogP contribution in [0.3, 0.4) is 0 Å². The first kappa shape index (κ1) is 15.0. The monoisotopic (exact) mass is 304 g/mol. The molecule has 3 nitrogen and oxygen atoms in total. The summed E-state index contributed by atoms with van der Waals surface area (Å²) in [5.41, 5.74) is 6.78. The normalized spacial score (nSPS) is 48.0. The summed E-state index contributed by atoms with van der Waals surface area (Å²) in [6, 6.07) is 0.309. The van der Waals surface area contributed by atoms with Gasteiger partial charge in [0.05, 0.1) is 6.04 Å². The molecule has 22 heavy (non-hydrogen) atoms. The highest BCUT2D eigenvalue weighted by atomic mass is 16.2. The van der Waals surface area contributed by atoms with Gasteiger partial charge in [-0.3, -0.25) is 4.79 Å². The summed E-state index contributed by atoms with van der Waals surface area (Å²) in [6.45, 7) is 5.65. The van der Waals surface area contributed by atoms with Gasteiger partial charge in [-0.25, -0.2) is 0 Å². The van der Waals surface area contributed by atoms with Crippen molar-refractivity contribution in [2.24, 2.45) is 34.8 Å². The maximum atomic E-state index is 13.1. The van der Waals surface area contributed by atoms with E-state index in [0.717, 1.165) is 30.2 Å². The number of carbonyl (C=O) groups excluding carboxylic acids is 1. The molecule has 1 heterocycles. The number of piperidine rings is 1. The zero-order valence-corrected chi connectivity index (χ0v) is 14.3. The molecule has 124 valence electrons. The number of hydrogen-bond donors (Lipinski definition) is 1. The Balaban J connectivity index is 1.55. The van der Waals surface area contributed by atoms with Crippen molar-refractivity contribution in [1.29, 1.82) is 0 Å². The summed E-state index contributed by atoms with van der Waals surface area (Å²) in [4.78, 5) is 15.2. The van der Waals surface area contributed by atoms with Gasteiger partial charge in [0.1, 0.15) is 0 Å². The average Bonchev–Trinajstić information content (AvgIpc) is 3.15. The number of hydrogen-bond acceptors (Lipinski definition) is 2. The molecule has 0 spiro atoms. The molecule has 1 aliphatic heterocycles. The summed E-state index contributed by atoms with van der Waals surface area (Å²) >= 11 is 0. The van der Waals surface area contributed by atoms with Crippen LogP contribution in [0.2, 0.25) is 0 Å². The molecule has 4 rings (SSSR count). The summed E-state index contributed by atoms with van der Waals surface area (Å²) in [7, 11) is 0. The summed E-state index contributed by atoms with van der Waals surface area (Å²) in [6.07, 6.45) is 10.0. The number of nitrogens with zero attached hydrogens (tertiary/aromatic N) is 1. The van der Waals surface area contributed by atoms with Gasteiger partial charge in [-0.15, -0.1) is 0 Å². The Morgan fingerprint density at radius 1 is 1.27 bits per heavy atom. The molecule has 4 fully saturated rings. The second-order valence-corrected chi connectivity index (χ2v) is 9.05. The number of fused-ring (bicyclic) bond motifs is 3. The molecule has 3 saturated carbocycles. The second kappa shape index (κ2) is 5.22. The van der Waals surface area contributed by atoms with Crippen molar-refractivity contribution in [3.63, 3.8) is 0 Å². The van der Waals surface area contributed by atoms with Crippen molar-refractivity contribution in [3.05, 3.63) is 0 Å². The molecular weight excluding hydrogens is 272 g/mol. The van der Waals surface area contributed by atoms with Gasteiger partial charge in [0.2, 0.25) is 5.91 Å². The number of rotatable bonds is 3. The largest absolute Gasteiger partial charge is 0.338 e. The van der Waals surface area contributed by atoms with E-state index >= 15 is 0 Å². The highest BCUT2D eigenvalue weighted by Crippen LogP contribution is 2.55. The van der Waals surface area contributed by atoms with E-state index in [9.17, 15) is 4.79 Å². The summed E-state index contributed by atoms with van der Waals surface area (Å²) in [5.74, 6) is 3.43. The maximum Gasteiger partial charge on any atom is 0.240 e. The van der Waals surface area contributed by atoms with Gasteiger partial charge in [-0.1, -0.05) is 20.3 Å². The van der Waals surface area contributed by atoms with E-state index in [1.54, 1.807) is 0 Å². The number of nitrogens with two attached hydrogens (primary N) is 1.